The Morgan fingerprint density at radius 3 is 2.65 bits per heavy atom. The average Bonchev–Trinajstić information content (AvgIpc) is 2.33. The molecule has 5 heteroatoms. The van der Waals surface area contributed by atoms with Crippen molar-refractivity contribution in [2.24, 2.45) is 5.92 Å². The van der Waals surface area contributed by atoms with E-state index in [-0.39, 0.29) is 12.5 Å². The molecule has 0 bridgehead atoms. The maximum atomic E-state index is 11.6. The van der Waals surface area contributed by atoms with Crippen molar-refractivity contribution in [1.82, 2.24) is 5.06 Å². The summed E-state index contributed by atoms with van der Waals surface area (Å²) in [6.45, 7) is 1.79. The van der Waals surface area contributed by atoms with E-state index in [1.807, 2.05) is 0 Å². The van der Waals surface area contributed by atoms with Gasteiger partial charge in [-0.25, -0.2) is 4.79 Å². The van der Waals surface area contributed by atoms with Crippen molar-refractivity contribution in [1.29, 1.82) is 0 Å². The summed E-state index contributed by atoms with van der Waals surface area (Å²) < 4.78 is 0. The highest BCUT2D eigenvalue weighted by molar-refractivity contribution is 5.92. The van der Waals surface area contributed by atoms with E-state index in [4.69, 9.17) is 4.84 Å². The lowest BCUT2D eigenvalue weighted by molar-refractivity contribution is -0.205. The van der Waals surface area contributed by atoms with Gasteiger partial charge in [0.15, 0.2) is 0 Å². The molecular weight excluding hydrogens is 222 g/mol. The highest BCUT2D eigenvalue weighted by Gasteiger charge is 2.42. The molecule has 1 N–H and O–H groups in total. The van der Waals surface area contributed by atoms with Crippen LogP contribution in [0.1, 0.15) is 17.3 Å². The lowest BCUT2D eigenvalue weighted by Crippen LogP contribution is -2.56. The molecule has 0 aliphatic carbocycles. The van der Waals surface area contributed by atoms with Gasteiger partial charge in [-0.15, -0.1) is 0 Å². The number of rotatable bonds is 3. The Labute approximate surface area is 98.6 Å². The Bertz CT molecular complexity index is 429. The number of aliphatic hydroxyl groups is 1. The highest BCUT2D eigenvalue weighted by atomic mass is 16.7. The van der Waals surface area contributed by atoms with Crippen LogP contribution in [0.3, 0.4) is 0 Å². The van der Waals surface area contributed by atoms with Crippen LogP contribution in [0.25, 0.3) is 0 Å². The maximum absolute atomic E-state index is 11.6. The summed E-state index contributed by atoms with van der Waals surface area (Å²) in [5.74, 6) is -1.38. The Morgan fingerprint density at radius 2 is 2.12 bits per heavy atom. The smallest absolute Gasteiger partial charge is 0.363 e. The first-order chi connectivity index (χ1) is 8.09. The molecule has 2 rings (SSSR count). The minimum Gasteiger partial charge on any atom is -0.393 e. The lowest BCUT2D eigenvalue weighted by Gasteiger charge is -2.37. The van der Waals surface area contributed by atoms with E-state index < -0.39 is 18.0 Å². The fourth-order valence-corrected chi connectivity index (χ4v) is 1.59. The van der Waals surface area contributed by atoms with Gasteiger partial charge in [-0.1, -0.05) is 18.2 Å². The van der Waals surface area contributed by atoms with Crippen molar-refractivity contribution in [3.63, 3.8) is 0 Å². The van der Waals surface area contributed by atoms with Crippen molar-refractivity contribution in [2.75, 3.05) is 6.54 Å². The highest BCUT2D eigenvalue weighted by Crippen LogP contribution is 2.22. The van der Waals surface area contributed by atoms with Crippen molar-refractivity contribution in [2.45, 2.75) is 13.0 Å². The Kier molecular flexibility index (Phi) is 3.10. The normalized spacial score (nSPS) is 20.7. The molecule has 1 aliphatic rings. The van der Waals surface area contributed by atoms with Crippen LogP contribution in [0.15, 0.2) is 30.3 Å². The molecule has 90 valence electrons. The fraction of sp³-hybridized carbons (Fsp3) is 0.333. The molecule has 5 nitrogen and oxygen atoms in total. The van der Waals surface area contributed by atoms with E-state index in [9.17, 15) is 14.7 Å². The van der Waals surface area contributed by atoms with E-state index in [0.717, 1.165) is 5.06 Å². The van der Waals surface area contributed by atoms with E-state index >= 15 is 0 Å². The van der Waals surface area contributed by atoms with Gasteiger partial charge in [-0.3, -0.25) is 4.79 Å². The fourth-order valence-electron chi connectivity index (χ4n) is 1.59. The van der Waals surface area contributed by atoms with Gasteiger partial charge in [0.05, 0.1) is 24.1 Å². The largest absolute Gasteiger partial charge is 0.393 e. The second-order valence-electron chi connectivity index (χ2n) is 3.99. The molecule has 0 radical (unpaired) electrons. The summed E-state index contributed by atoms with van der Waals surface area (Å²) in [4.78, 5) is 27.9. The third-order valence-corrected chi connectivity index (χ3v) is 2.71. The number of amides is 1. The third kappa shape index (κ3) is 2.29. The van der Waals surface area contributed by atoms with Crippen LogP contribution in [0.4, 0.5) is 0 Å². The second kappa shape index (κ2) is 4.55. The first-order valence-electron chi connectivity index (χ1n) is 5.36. The lowest BCUT2D eigenvalue weighted by atomic mass is 9.96. The maximum Gasteiger partial charge on any atom is 0.363 e. The van der Waals surface area contributed by atoms with Gasteiger partial charge in [0, 0.05) is 0 Å². The molecule has 1 fully saturated rings. The number of hydroxylamine groups is 2. The minimum atomic E-state index is -0.714. The van der Waals surface area contributed by atoms with Crippen LogP contribution in [0.2, 0.25) is 0 Å². The number of aliphatic hydroxyl groups excluding tert-OH is 1. The summed E-state index contributed by atoms with van der Waals surface area (Å²) in [6.07, 6.45) is -0.714. The number of hydrogen-bond acceptors (Lipinski definition) is 4. The molecule has 2 atom stereocenters. The summed E-state index contributed by atoms with van der Waals surface area (Å²) in [7, 11) is 0. The predicted octanol–water partition coefficient (Wildman–Crippen LogP) is 0.598. The zero-order valence-corrected chi connectivity index (χ0v) is 9.37. The van der Waals surface area contributed by atoms with Crippen LogP contribution in [-0.2, 0) is 9.63 Å². The minimum absolute atomic E-state index is 0.245. The zero-order chi connectivity index (χ0) is 12.4. The van der Waals surface area contributed by atoms with Gasteiger partial charge in [-0.05, 0) is 19.1 Å². The van der Waals surface area contributed by atoms with E-state index in [0.29, 0.717) is 5.56 Å². The number of hydrogen-bond donors (Lipinski definition) is 1. The molecular formula is C12H13NO4. The van der Waals surface area contributed by atoms with Crippen LogP contribution in [0.5, 0.6) is 0 Å². The Morgan fingerprint density at radius 1 is 1.47 bits per heavy atom. The van der Waals surface area contributed by atoms with Crippen LogP contribution in [-0.4, -0.2) is 34.7 Å². The van der Waals surface area contributed by atoms with Crippen molar-refractivity contribution in [3.05, 3.63) is 35.9 Å². The number of β-lactam (4-membered cyclic amide) rings is 1. The van der Waals surface area contributed by atoms with Crippen molar-refractivity contribution in [3.8, 4) is 0 Å². The van der Waals surface area contributed by atoms with E-state index in [1.54, 1.807) is 37.3 Å². The molecule has 1 aliphatic heterocycles. The third-order valence-electron chi connectivity index (χ3n) is 2.71. The van der Waals surface area contributed by atoms with Gasteiger partial charge in [0.1, 0.15) is 0 Å². The molecule has 1 saturated heterocycles. The molecule has 17 heavy (non-hydrogen) atoms. The number of benzene rings is 1. The van der Waals surface area contributed by atoms with Gasteiger partial charge in [0.25, 0.3) is 5.91 Å². The monoisotopic (exact) mass is 235 g/mol. The van der Waals surface area contributed by atoms with Gasteiger partial charge < -0.3 is 9.94 Å². The molecule has 0 spiro atoms. The summed E-state index contributed by atoms with van der Waals surface area (Å²) >= 11 is 0. The van der Waals surface area contributed by atoms with Crippen LogP contribution in [0, 0.1) is 5.92 Å². The zero-order valence-electron chi connectivity index (χ0n) is 9.37. The molecule has 1 heterocycles. The SMILES string of the molecule is CC(O)C1CN(OC(=O)c2ccccc2)C1=O. The molecule has 0 saturated carbocycles. The van der Waals surface area contributed by atoms with E-state index in [2.05, 4.69) is 0 Å². The summed E-state index contributed by atoms with van der Waals surface area (Å²) in [6, 6.07) is 8.44. The summed E-state index contributed by atoms with van der Waals surface area (Å²) in [5.41, 5.74) is 0.390. The van der Waals surface area contributed by atoms with E-state index in [1.165, 1.54) is 0 Å². The van der Waals surface area contributed by atoms with Crippen LogP contribution >= 0.6 is 0 Å². The van der Waals surface area contributed by atoms with Gasteiger partial charge >= 0.3 is 5.97 Å². The number of nitrogens with zero attached hydrogens (tertiary/aromatic N) is 1. The van der Waals surface area contributed by atoms with Crippen LogP contribution < -0.4 is 0 Å². The van der Waals surface area contributed by atoms with Crippen molar-refractivity contribution < 1.29 is 19.5 Å². The van der Waals surface area contributed by atoms with Crippen molar-refractivity contribution >= 4 is 11.9 Å². The molecule has 1 aromatic rings. The summed E-state index contributed by atoms with van der Waals surface area (Å²) in [5, 5.41) is 10.2. The molecule has 1 amide bonds. The first-order valence-corrected chi connectivity index (χ1v) is 5.36. The molecule has 2 unspecified atom stereocenters. The quantitative estimate of drug-likeness (QED) is 0.779. The number of carbonyl (C=O) groups excluding carboxylic acids is 2. The van der Waals surface area contributed by atoms with Gasteiger partial charge in [-0.2, -0.15) is 5.06 Å². The van der Waals surface area contributed by atoms with Gasteiger partial charge in [0.2, 0.25) is 0 Å². The first kappa shape index (κ1) is 11.6. The Hall–Kier alpha value is -1.88. The predicted molar refractivity (Wildman–Crippen MR) is 58.7 cm³/mol. The number of carbonyl (C=O) groups is 2. The average molecular weight is 235 g/mol. The molecule has 0 aromatic heterocycles. The standard InChI is InChI=1S/C12H13NO4/c1-8(14)10-7-13(11(10)15)17-12(16)9-5-3-2-4-6-9/h2-6,8,10,14H,7H2,1H3. The molecule has 1 aromatic carbocycles. The second-order valence-corrected chi connectivity index (χ2v) is 3.99. The Balaban J connectivity index is 1.92. The topological polar surface area (TPSA) is 66.8 Å².